The molecule has 1 aromatic carbocycles. The molecule has 1 fully saturated rings. The molecule has 2 amide bonds. The summed E-state index contributed by atoms with van der Waals surface area (Å²) in [4.78, 5) is 32.5. The minimum Gasteiger partial charge on any atom is -0.454 e. The summed E-state index contributed by atoms with van der Waals surface area (Å²) in [6.45, 7) is 5.35. The second kappa shape index (κ2) is 10.0. The molecule has 2 heterocycles. The van der Waals surface area contributed by atoms with Gasteiger partial charge >= 0.3 is 0 Å². The third kappa shape index (κ3) is 4.77. The molecule has 0 N–H and O–H groups in total. The minimum atomic E-state index is -0.641. The quantitative estimate of drug-likeness (QED) is 0.601. The molecule has 8 heteroatoms. The lowest BCUT2D eigenvalue weighted by atomic mass is 9.94. The molecule has 0 aliphatic carbocycles. The standard InChI is InChI=1S/C23H32N4O4/c1-5-18(17-9-10-20-21(14-17)31-15-30-20)27-19(8-6-11-24)23(29)26(16(2)22(27)28)13-7-12-25(3)4/h9-10,14,16,18-19H,5-8,12-13,15H2,1-4H3/t16-,18?,19+/m1/s1. The van der Waals surface area contributed by atoms with Crippen LogP contribution in [0.4, 0.5) is 0 Å². The van der Waals surface area contributed by atoms with Crippen LogP contribution in [0.3, 0.4) is 0 Å². The number of hydrogen-bond acceptors (Lipinski definition) is 6. The van der Waals surface area contributed by atoms with E-state index in [1.807, 2.05) is 39.2 Å². The summed E-state index contributed by atoms with van der Waals surface area (Å²) < 4.78 is 10.9. The number of carbonyl (C=O) groups excluding carboxylic acids is 2. The van der Waals surface area contributed by atoms with Crippen LogP contribution in [0.2, 0.25) is 0 Å². The molecule has 1 aromatic rings. The first-order valence-electron chi connectivity index (χ1n) is 10.9. The molecule has 1 saturated heterocycles. The van der Waals surface area contributed by atoms with Gasteiger partial charge < -0.3 is 24.2 Å². The molecule has 3 rings (SSSR count). The van der Waals surface area contributed by atoms with E-state index in [4.69, 9.17) is 14.7 Å². The zero-order valence-corrected chi connectivity index (χ0v) is 18.8. The molecular formula is C23H32N4O4. The van der Waals surface area contributed by atoms with Crippen molar-refractivity contribution in [2.75, 3.05) is 34.0 Å². The third-order valence-electron chi connectivity index (χ3n) is 6.02. The molecule has 8 nitrogen and oxygen atoms in total. The van der Waals surface area contributed by atoms with Gasteiger partial charge in [-0.15, -0.1) is 0 Å². The summed E-state index contributed by atoms with van der Waals surface area (Å²) in [5, 5.41) is 9.16. The Kier molecular flexibility index (Phi) is 7.39. The van der Waals surface area contributed by atoms with Gasteiger partial charge in [-0.3, -0.25) is 9.59 Å². The molecule has 3 atom stereocenters. The number of rotatable bonds is 9. The molecule has 0 aromatic heterocycles. The fourth-order valence-corrected chi connectivity index (χ4v) is 4.41. The lowest BCUT2D eigenvalue weighted by Gasteiger charge is -2.47. The van der Waals surface area contributed by atoms with E-state index in [0.717, 1.165) is 18.5 Å². The van der Waals surface area contributed by atoms with Crippen molar-refractivity contribution in [1.29, 1.82) is 5.26 Å². The van der Waals surface area contributed by atoms with Crippen LogP contribution in [0.25, 0.3) is 0 Å². The van der Waals surface area contributed by atoms with Crippen LogP contribution >= 0.6 is 0 Å². The van der Waals surface area contributed by atoms with Gasteiger partial charge in [-0.2, -0.15) is 5.26 Å². The van der Waals surface area contributed by atoms with Gasteiger partial charge in [0.2, 0.25) is 18.6 Å². The van der Waals surface area contributed by atoms with Gasteiger partial charge in [0, 0.05) is 13.0 Å². The summed E-state index contributed by atoms with van der Waals surface area (Å²) >= 11 is 0. The second-order valence-corrected chi connectivity index (χ2v) is 8.36. The normalized spacial score (nSPS) is 21.5. The fourth-order valence-electron chi connectivity index (χ4n) is 4.41. The van der Waals surface area contributed by atoms with Crippen molar-refractivity contribution >= 4 is 11.8 Å². The molecule has 2 aliphatic rings. The molecule has 31 heavy (non-hydrogen) atoms. The van der Waals surface area contributed by atoms with Crippen LogP contribution in [0.15, 0.2) is 18.2 Å². The van der Waals surface area contributed by atoms with E-state index in [1.165, 1.54) is 0 Å². The zero-order valence-electron chi connectivity index (χ0n) is 18.8. The van der Waals surface area contributed by atoms with Crippen LogP contribution in [0.1, 0.15) is 51.1 Å². The smallest absolute Gasteiger partial charge is 0.246 e. The van der Waals surface area contributed by atoms with E-state index >= 15 is 0 Å². The summed E-state index contributed by atoms with van der Waals surface area (Å²) in [6, 6.07) is 6.35. The molecule has 0 bridgehead atoms. The van der Waals surface area contributed by atoms with Gasteiger partial charge in [0.15, 0.2) is 11.5 Å². The highest BCUT2D eigenvalue weighted by molar-refractivity contribution is 5.97. The average molecular weight is 429 g/mol. The summed E-state index contributed by atoms with van der Waals surface area (Å²) in [7, 11) is 3.97. The fraction of sp³-hybridized carbons (Fsp3) is 0.609. The number of hydrogen-bond donors (Lipinski definition) is 0. The van der Waals surface area contributed by atoms with E-state index in [-0.39, 0.29) is 31.1 Å². The third-order valence-corrected chi connectivity index (χ3v) is 6.02. The van der Waals surface area contributed by atoms with Crippen molar-refractivity contribution in [2.45, 2.75) is 57.7 Å². The van der Waals surface area contributed by atoms with Gasteiger partial charge in [-0.05, 0) is 64.5 Å². The molecule has 0 saturated carbocycles. The van der Waals surface area contributed by atoms with Crippen molar-refractivity contribution in [3.05, 3.63) is 23.8 Å². The lowest BCUT2D eigenvalue weighted by molar-refractivity contribution is -0.164. The van der Waals surface area contributed by atoms with E-state index in [2.05, 4.69) is 11.0 Å². The molecule has 2 aliphatic heterocycles. The Bertz CT molecular complexity index is 850. The minimum absolute atomic E-state index is 0.0692. The number of amides is 2. The molecular weight excluding hydrogens is 396 g/mol. The first-order valence-corrected chi connectivity index (χ1v) is 10.9. The lowest BCUT2D eigenvalue weighted by Crippen LogP contribution is -2.64. The Morgan fingerprint density at radius 3 is 2.65 bits per heavy atom. The van der Waals surface area contributed by atoms with E-state index in [1.54, 1.807) is 16.7 Å². The Morgan fingerprint density at radius 2 is 1.97 bits per heavy atom. The van der Waals surface area contributed by atoms with E-state index < -0.39 is 12.1 Å². The van der Waals surface area contributed by atoms with Gasteiger partial charge in [0.25, 0.3) is 0 Å². The highest BCUT2D eigenvalue weighted by Crippen LogP contribution is 2.39. The predicted molar refractivity (Wildman–Crippen MR) is 115 cm³/mol. The second-order valence-electron chi connectivity index (χ2n) is 8.36. The van der Waals surface area contributed by atoms with Crippen molar-refractivity contribution in [3.63, 3.8) is 0 Å². The molecule has 0 radical (unpaired) electrons. The molecule has 1 unspecified atom stereocenters. The van der Waals surface area contributed by atoms with Gasteiger partial charge in [-0.1, -0.05) is 13.0 Å². The van der Waals surface area contributed by atoms with Gasteiger partial charge in [0.05, 0.1) is 12.1 Å². The Labute approximate surface area is 184 Å². The highest BCUT2D eigenvalue weighted by atomic mass is 16.7. The van der Waals surface area contributed by atoms with Crippen molar-refractivity contribution in [2.24, 2.45) is 0 Å². The Morgan fingerprint density at radius 1 is 1.23 bits per heavy atom. The maximum atomic E-state index is 13.5. The van der Waals surface area contributed by atoms with Crippen molar-refractivity contribution in [1.82, 2.24) is 14.7 Å². The molecule has 168 valence electrons. The predicted octanol–water partition coefficient (Wildman–Crippen LogP) is 2.55. The van der Waals surface area contributed by atoms with E-state index in [0.29, 0.717) is 30.9 Å². The summed E-state index contributed by atoms with van der Waals surface area (Å²) in [5.41, 5.74) is 0.906. The average Bonchev–Trinajstić information content (AvgIpc) is 3.22. The van der Waals surface area contributed by atoms with Crippen molar-refractivity contribution in [3.8, 4) is 17.6 Å². The van der Waals surface area contributed by atoms with Crippen LogP contribution in [-0.4, -0.2) is 72.6 Å². The maximum absolute atomic E-state index is 13.5. The Balaban J connectivity index is 1.90. The number of nitrogens with zero attached hydrogens (tertiary/aromatic N) is 4. The summed E-state index contributed by atoms with van der Waals surface area (Å²) in [5.74, 6) is 1.19. The maximum Gasteiger partial charge on any atom is 0.246 e. The first kappa shape index (κ1) is 22.9. The Hall–Kier alpha value is -2.79. The number of carbonyl (C=O) groups is 2. The highest BCUT2D eigenvalue weighted by Gasteiger charge is 2.46. The zero-order chi connectivity index (χ0) is 22.5. The van der Waals surface area contributed by atoms with Crippen LogP contribution < -0.4 is 9.47 Å². The topological polar surface area (TPSA) is 86.1 Å². The largest absolute Gasteiger partial charge is 0.454 e. The number of fused-ring (bicyclic) bond motifs is 1. The first-order chi connectivity index (χ1) is 14.9. The van der Waals surface area contributed by atoms with Crippen molar-refractivity contribution < 1.29 is 19.1 Å². The number of benzene rings is 1. The summed E-state index contributed by atoms with van der Waals surface area (Å²) in [6.07, 6.45) is 1.99. The SMILES string of the molecule is CCC(c1ccc2c(c1)OCO2)N1C(=O)[C@@H](C)N(CCCN(C)C)C(=O)[C@@H]1CCC#N. The van der Waals surface area contributed by atoms with Gasteiger partial charge in [-0.25, -0.2) is 0 Å². The number of nitriles is 1. The van der Waals surface area contributed by atoms with Gasteiger partial charge in [0.1, 0.15) is 12.1 Å². The number of ether oxygens (including phenoxy) is 2. The monoisotopic (exact) mass is 428 g/mol. The van der Waals surface area contributed by atoms with Crippen LogP contribution in [0.5, 0.6) is 11.5 Å². The van der Waals surface area contributed by atoms with Crippen LogP contribution in [0, 0.1) is 11.3 Å². The number of piperazine rings is 1. The van der Waals surface area contributed by atoms with E-state index in [9.17, 15) is 9.59 Å². The van der Waals surface area contributed by atoms with Crippen LogP contribution in [-0.2, 0) is 9.59 Å². The molecule has 0 spiro atoms.